The molecule has 1 N–H and O–H groups in total. The van der Waals surface area contributed by atoms with E-state index in [1.54, 1.807) is 37.4 Å². The van der Waals surface area contributed by atoms with E-state index < -0.39 is 5.97 Å². The Bertz CT molecular complexity index is 688. The number of anilines is 1. The van der Waals surface area contributed by atoms with Gasteiger partial charge in [-0.05, 0) is 58.4 Å². The maximum Gasteiger partial charge on any atom is 0.335 e. The molecule has 1 aromatic heterocycles. The number of halogens is 1. The van der Waals surface area contributed by atoms with E-state index >= 15 is 0 Å². The summed E-state index contributed by atoms with van der Waals surface area (Å²) >= 11 is 3.18. The maximum atomic E-state index is 12.0. The van der Waals surface area contributed by atoms with E-state index in [1.807, 2.05) is 0 Å². The van der Waals surface area contributed by atoms with Crippen molar-refractivity contribution in [2.24, 2.45) is 0 Å². The smallest absolute Gasteiger partial charge is 0.335 e. The fourth-order valence-electron chi connectivity index (χ4n) is 1.64. The van der Waals surface area contributed by atoms with E-state index in [9.17, 15) is 9.59 Å². The molecule has 0 bridgehead atoms. The monoisotopic (exact) mass is 349 g/mol. The van der Waals surface area contributed by atoms with Gasteiger partial charge in [-0.3, -0.25) is 4.79 Å². The Morgan fingerprint density at radius 1 is 1.19 bits per heavy atom. The van der Waals surface area contributed by atoms with Gasteiger partial charge in [-0.15, -0.1) is 0 Å². The van der Waals surface area contributed by atoms with Crippen LogP contribution >= 0.6 is 15.9 Å². The molecule has 0 fully saturated rings. The summed E-state index contributed by atoms with van der Waals surface area (Å²) in [5.41, 5.74) is 0.783. The SMILES string of the molecule is CN(C(=O)/C=C/c1ccc(Br)o1)c1ccc(C(=O)O)cc1. The highest BCUT2D eigenvalue weighted by Crippen LogP contribution is 2.17. The largest absolute Gasteiger partial charge is 0.478 e. The minimum Gasteiger partial charge on any atom is -0.478 e. The van der Waals surface area contributed by atoms with Crippen molar-refractivity contribution in [3.8, 4) is 0 Å². The van der Waals surface area contributed by atoms with Crippen LogP contribution in [0, 0.1) is 0 Å². The van der Waals surface area contributed by atoms with Gasteiger partial charge in [0.05, 0.1) is 5.56 Å². The van der Waals surface area contributed by atoms with E-state index in [0.717, 1.165) is 0 Å². The van der Waals surface area contributed by atoms with E-state index in [2.05, 4.69) is 15.9 Å². The number of carbonyl (C=O) groups is 2. The normalized spacial score (nSPS) is 10.8. The second-order valence-electron chi connectivity index (χ2n) is 4.22. The molecule has 108 valence electrons. The molecule has 0 saturated heterocycles. The highest BCUT2D eigenvalue weighted by atomic mass is 79.9. The van der Waals surface area contributed by atoms with Gasteiger partial charge in [0.25, 0.3) is 5.91 Å². The molecule has 6 heteroatoms. The van der Waals surface area contributed by atoms with Crippen molar-refractivity contribution in [2.75, 3.05) is 11.9 Å². The molecule has 0 spiro atoms. The second kappa shape index (κ2) is 6.41. The first kappa shape index (κ1) is 15.1. The number of carbonyl (C=O) groups excluding carboxylic acids is 1. The first-order valence-corrected chi connectivity index (χ1v) is 6.81. The number of likely N-dealkylation sites (N-methyl/N-ethyl adjacent to an activating group) is 1. The van der Waals surface area contributed by atoms with Gasteiger partial charge in [0.1, 0.15) is 5.76 Å². The topological polar surface area (TPSA) is 70.8 Å². The summed E-state index contributed by atoms with van der Waals surface area (Å²) in [6.45, 7) is 0. The van der Waals surface area contributed by atoms with Crippen LogP contribution in [0.4, 0.5) is 5.69 Å². The Morgan fingerprint density at radius 3 is 2.38 bits per heavy atom. The Labute approximate surface area is 129 Å². The summed E-state index contributed by atoms with van der Waals surface area (Å²) in [4.78, 5) is 24.2. The van der Waals surface area contributed by atoms with E-state index in [0.29, 0.717) is 16.1 Å². The van der Waals surface area contributed by atoms with Crippen LogP contribution in [0.15, 0.2) is 51.6 Å². The van der Waals surface area contributed by atoms with Gasteiger partial charge in [0, 0.05) is 18.8 Å². The minimum atomic E-state index is -1.00. The van der Waals surface area contributed by atoms with Gasteiger partial charge >= 0.3 is 5.97 Å². The molecule has 1 aromatic carbocycles. The lowest BCUT2D eigenvalue weighted by molar-refractivity contribution is -0.113. The van der Waals surface area contributed by atoms with Gasteiger partial charge in [-0.1, -0.05) is 0 Å². The number of hydrogen-bond donors (Lipinski definition) is 1. The van der Waals surface area contributed by atoms with Crippen LogP contribution < -0.4 is 4.90 Å². The first-order chi connectivity index (χ1) is 9.97. The Morgan fingerprint density at radius 2 is 1.86 bits per heavy atom. The average molecular weight is 350 g/mol. The van der Waals surface area contributed by atoms with Crippen LogP contribution in [-0.4, -0.2) is 24.0 Å². The Kier molecular flexibility index (Phi) is 4.59. The van der Waals surface area contributed by atoms with Crippen molar-refractivity contribution in [1.82, 2.24) is 0 Å². The molecule has 2 aromatic rings. The molecule has 1 amide bonds. The number of furan rings is 1. The fraction of sp³-hybridized carbons (Fsp3) is 0.0667. The van der Waals surface area contributed by atoms with Crippen LogP contribution in [0.1, 0.15) is 16.1 Å². The van der Waals surface area contributed by atoms with Crippen molar-refractivity contribution in [1.29, 1.82) is 0 Å². The highest BCUT2D eigenvalue weighted by Gasteiger charge is 2.09. The van der Waals surface area contributed by atoms with Crippen molar-refractivity contribution < 1.29 is 19.1 Å². The first-order valence-electron chi connectivity index (χ1n) is 6.02. The van der Waals surface area contributed by atoms with Crippen molar-refractivity contribution >= 4 is 39.6 Å². The van der Waals surface area contributed by atoms with Gasteiger partial charge < -0.3 is 14.4 Å². The molecule has 0 aliphatic heterocycles. The zero-order chi connectivity index (χ0) is 15.4. The van der Waals surface area contributed by atoms with Crippen LogP contribution in [0.2, 0.25) is 0 Å². The van der Waals surface area contributed by atoms with Gasteiger partial charge in [-0.25, -0.2) is 4.79 Å². The Hall–Kier alpha value is -2.34. The number of carboxylic acid groups (broad SMARTS) is 1. The van der Waals surface area contributed by atoms with Gasteiger partial charge in [-0.2, -0.15) is 0 Å². The number of rotatable bonds is 4. The zero-order valence-electron chi connectivity index (χ0n) is 11.1. The lowest BCUT2D eigenvalue weighted by Gasteiger charge is -2.15. The quantitative estimate of drug-likeness (QED) is 0.858. The summed E-state index contributed by atoms with van der Waals surface area (Å²) in [7, 11) is 1.61. The number of carboxylic acids is 1. The van der Waals surface area contributed by atoms with Gasteiger partial charge in [0.15, 0.2) is 4.67 Å². The third-order valence-corrected chi connectivity index (χ3v) is 3.24. The van der Waals surface area contributed by atoms with E-state index in [-0.39, 0.29) is 11.5 Å². The van der Waals surface area contributed by atoms with Crippen molar-refractivity contribution in [3.63, 3.8) is 0 Å². The maximum absolute atomic E-state index is 12.0. The highest BCUT2D eigenvalue weighted by molar-refractivity contribution is 9.10. The number of nitrogens with zero attached hydrogens (tertiary/aromatic N) is 1. The molecule has 5 nitrogen and oxygen atoms in total. The zero-order valence-corrected chi connectivity index (χ0v) is 12.7. The number of hydrogen-bond acceptors (Lipinski definition) is 3. The van der Waals surface area contributed by atoms with Crippen molar-refractivity contribution in [2.45, 2.75) is 0 Å². The summed E-state index contributed by atoms with van der Waals surface area (Å²) in [5.74, 6) is -0.686. The van der Waals surface area contributed by atoms with Crippen LogP contribution in [0.3, 0.4) is 0 Å². The lowest BCUT2D eigenvalue weighted by atomic mass is 10.2. The summed E-state index contributed by atoms with van der Waals surface area (Å²) in [5, 5.41) is 8.83. The molecule has 1 heterocycles. The fourth-order valence-corrected chi connectivity index (χ4v) is 1.96. The molecule has 2 rings (SSSR count). The molecular formula is C15H12BrNO4. The molecule has 0 unspecified atom stereocenters. The number of benzene rings is 1. The second-order valence-corrected chi connectivity index (χ2v) is 5.01. The molecule has 0 saturated carbocycles. The minimum absolute atomic E-state index is 0.176. The van der Waals surface area contributed by atoms with Crippen LogP contribution in [-0.2, 0) is 4.79 Å². The predicted molar refractivity (Wildman–Crippen MR) is 82.3 cm³/mol. The standard InChI is InChI=1S/C15H12BrNO4/c1-17(11-4-2-10(3-5-11)15(19)20)14(18)9-7-12-6-8-13(16)21-12/h2-9H,1H3,(H,19,20)/b9-7+. The Balaban J connectivity index is 2.08. The average Bonchev–Trinajstić information content (AvgIpc) is 2.89. The number of amides is 1. The molecular weight excluding hydrogens is 338 g/mol. The predicted octanol–water partition coefficient (Wildman–Crippen LogP) is 3.42. The molecule has 0 atom stereocenters. The summed E-state index contributed by atoms with van der Waals surface area (Å²) < 4.78 is 5.85. The lowest BCUT2D eigenvalue weighted by Crippen LogP contribution is -2.23. The molecule has 21 heavy (non-hydrogen) atoms. The van der Waals surface area contributed by atoms with E-state index in [4.69, 9.17) is 9.52 Å². The third-order valence-electron chi connectivity index (χ3n) is 2.82. The van der Waals surface area contributed by atoms with Gasteiger partial charge in [0.2, 0.25) is 0 Å². The van der Waals surface area contributed by atoms with E-state index in [1.165, 1.54) is 23.1 Å². The molecule has 0 aliphatic carbocycles. The van der Waals surface area contributed by atoms with Crippen LogP contribution in [0.25, 0.3) is 6.08 Å². The molecule has 0 aliphatic rings. The van der Waals surface area contributed by atoms with Crippen molar-refractivity contribution in [3.05, 3.63) is 58.5 Å². The number of aromatic carboxylic acids is 1. The third kappa shape index (κ3) is 3.82. The van der Waals surface area contributed by atoms with Crippen LogP contribution in [0.5, 0.6) is 0 Å². The molecule has 0 radical (unpaired) electrons. The summed E-state index contributed by atoms with van der Waals surface area (Å²) in [6.07, 6.45) is 2.95. The summed E-state index contributed by atoms with van der Waals surface area (Å²) in [6, 6.07) is 9.54.